The van der Waals surface area contributed by atoms with Crippen molar-refractivity contribution in [1.29, 1.82) is 0 Å². The first kappa shape index (κ1) is 7.39. The van der Waals surface area contributed by atoms with Gasteiger partial charge in [0.2, 0.25) is 0 Å². The zero-order valence-electron chi connectivity index (χ0n) is 7.47. The monoisotopic (exact) mass is 150 g/mol. The molecule has 2 saturated carbocycles. The summed E-state index contributed by atoms with van der Waals surface area (Å²) < 4.78 is 0. The molecule has 0 bridgehead atoms. The highest BCUT2D eigenvalue weighted by Crippen LogP contribution is 2.60. The molecule has 0 aromatic rings. The van der Waals surface area contributed by atoms with Crippen LogP contribution in [0.3, 0.4) is 0 Å². The van der Waals surface area contributed by atoms with Gasteiger partial charge in [0.15, 0.2) is 0 Å². The summed E-state index contributed by atoms with van der Waals surface area (Å²) in [5.74, 6) is 2.17. The Morgan fingerprint density at radius 2 is 2.45 bits per heavy atom. The molecule has 0 aromatic carbocycles. The number of fused-ring (bicyclic) bond motifs is 1. The lowest BCUT2D eigenvalue weighted by Gasteiger charge is -2.32. The van der Waals surface area contributed by atoms with Crippen LogP contribution in [0, 0.1) is 17.3 Å². The largest absolute Gasteiger partial charge is 0.103 e. The van der Waals surface area contributed by atoms with E-state index in [1.54, 1.807) is 0 Å². The fourth-order valence-electron chi connectivity index (χ4n) is 2.96. The normalized spacial score (nSPS) is 48.1. The molecule has 0 N–H and O–H groups in total. The third-order valence-electron chi connectivity index (χ3n) is 3.75. The Bertz CT molecular complexity index is 171. The second kappa shape index (κ2) is 2.36. The van der Waals surface area contributed by atoms with E-state index in [9.17, 15) is 0 Å². The molecule has 0 amide bonds. The Labute approximate surface area is 69.7 Å². The summed E-state index contributed by atoms with van der Waals surface area (Å²) in [7, 11) is 0. The minimum atomic E-state index is 0.644. The Kier molecular flexibility index (Phi) is 1.59. The Balaban J connectivity index is 2.04. The highest BCUT2D eigenvalue weighted by molar-refractivity contribution is 5.03. The van der Waals surface area contributed by atoms with Crippen LogP contribution in [-0.2, 0) is 0 Å². The van der Waals surface area contributed by atoms with E-state index in [-0.39, 0.29) is 0 Å². The van der Waals surface area contributed by atoms with Gasteiger partial charge in [-0.25, -0.2) is 0 Å². The molecule has 0 aromatic heterocycles. The molecule has 0 heterocycles. The summed E-state index contributed by atoms with van der Waals surface area (Å²) in [5, 5.41) is 0. The molecule has 0 heteroatoms. The van der Waals surface area contributed by atoms with Crippen molar-refractivity contribution in [3.8, 4) is 0 Å². The van der Waals surface area contributed by atoms with Crippen molar-refractivity contribution < 1.29 is 0 Å². The molecule has 3 unspecified atom stereocenters. The lowest BCUT2D eigenvalue weighted by atomic mass is 9.73. The van der Waals surface area contributed by atoms with Crippen LogP contribution < -0.4 is 0 Å². The zero-order chi connectivity index (χ0) is 7.90. The van der Waals surface area contributed by atoms with Crippen molar-refractivity contribution in [1.82, 2.24) is 0 Å². The van der Waals surface area contributed by atoms with Crippen molar-refractivity contribution in [2.75, 3.05) is 0 Å². The van der Waals surface area contributed by atoms with E-state index in [1.165, 1.54) is 32.1 Å². The molecular weight excluding hydrogens is 132 g/mol. The maximum atomic E-state index is 3.85. The summed E-state index contributed by atoms with van der Waals surface area (Å²) in [5.41, 5.74) is 0.644. The van der Waals surface area contributed by atoms with E-state index in [0.29, 0.717) is 5.41 Å². The van der Waals surface area contributed by atoms with Gasteiger partial charge in [0.25, 0.3) is 0 Å². The summed E-state index contributed by atoms with van der Waals surface area (Å²) in [4.78, 5) is 0. The minimum absolute atomic E-state index is 0.644. The molecule has 2 rings (SSSR count). The SMILES string of the molecule is C=CCC1(C)CCCC2CC21. The Morgan fingerprint density at radius 1 is 1.64 bits per heavy atom. The van der Waals surface area contributed by atoms with Gasteiger partial charge < -0.3 is 0 Å². The molecule has 2 aliphatic rings. The van der Waals surface area contributed by atoms with Gasteiger partial charge >= 0.3 is 0 Å². The van der Waals surface area contributed by atoms with Crippen molar-refractivity contribution in [3.05, 3.63) is 12.7 Å². The molecular formula is C11H18. The molecule has 0 radical (unpaired) electrons. The van der Waals surface area contributed by atoms with Gasteiger partial charge in [-0.2, -0.15) is 0 Å². The quantitative estimate of drug-likeness (QED) is 0.529. The molecule has 2 fully saturated rings. The van der Waals surface area contributed by atoms with Crippen LogP contribution in [0.5, 0.6) is 0 Å². The smallest absolute Gasteiger partial charge is 0.0260 e. The van der Waals surface area contributed by atoms with Crippen molar-refractivity contribution in [2.45, 2.75) is 39.0 Å². The van der Waals surface area contributed by atoms with E-state index in [4.69, 9.17) is 0 Å². The second-order valence-corrected chi connectivity index (χ2v) is 4.64. The van der Waals surface area contributed by atoms with Crippen molar-refractivity contribution >= 4 is 0 Å². The summed E-state index contributed by atoms with van der Waals surface area (Å²) in [6.07, 6.45) is 9.29. The van der Waals surface area contributed by atoms with Gasteiger partial charge in [0.1, 0.15) is 0 Å². The number of rotatable bonds is 2. The van der Waals surface area contributed by atoms with Gasteiger partial charge in [-0.1, -0.05) is 25.8 Å². The minimum Gasteiger partial charge on any atom is -0.103 e. The van der Waals surface area contributed by atoms with Gasteiger partial charge in [-0.3, -0.25) is 0 Å². The molecule has 0 nitrogen and oxygen atoms in total. The van der Waals surface area contributed by atoms with Crippen molar-refractivity contribution in [3.63, 3.8) is 0 Å². The molecule has 0 saturated heterocycles. The lowest BCUT2D eigenvalue weighted by molar-refractivity contribution is 0.196. The average Bonchev–Trinajstić information content (AvgIpc) is 2.68. The molecule has 2 aliphatic carbocycles. The molecule has 62 valence electrons. The van der Waals surface area contributed by atoms with Crippen LogP contribution in [0.25, 0.3) is 0 Å². The van der Waals surface area contributed by atoms with Gasteiger partial charge in [-0.15, -0.1) is 6.58 Å². The highest BCUT2D eigenvalue weighted by Gasteiger charge is 2.51. The van der Waals surface area contributed by atoms with E-state index in [1.807, 2.05) is 0 Å². The summed E-state index contributed by atoms with van der Waals surface area (Å²) in [6, 6.07) is 0. The maximum Gasteiger partial charge on any atom is -0.0260 e. The van der Waals surface area contributed by atoms with Crippen LogP contribution in [0.4, 0.5) is 0 Å². The first-order chi connectivity index (χ1) is 5.26. The first-order valence-electron chi connectivity index (χ1n) is 4.87. The Hall–Kier alpha value is -0.260. The molecule has 11 heavy (non-hydrogen) atoms. The van der Waals surface area contributed by atoms with Crippen LogP contribution in [-0.4, -0.2) is 0 Å². The predicted octanol–water partition coefficient (Wildman–Crippen LogP) is 3.39. The third-order valence-corrected chi connectivity index (χ3v) is 3.75. The fourth-order valence-corrected chi connectivity index (χ4v) is 2.96. The average molecular weight is 150 g/mol. The van der Waals surface area contributed by atoms with Crippen LogP contribution in [0.1, 0.15) is 39.0 Å². The third kappa shape index (κ3) is 1.13. The van der Waals surface area contributed by atoms with Crippen LogP contribution >= 0.6 is 0 Å². The van der Waals surface area contributed by atoms with Crippen LogP contribution in [0.15, 0.2) is 12.7 Å². The van der Waals surface area contributed by atoms with E-state index in [2.05, 4.69) is 19.6 Å². The van der Waals surface area contributed by atoms with Crippen LogP contribution in [0.2, 0.25) is 0 Å². The first-order valence-corrected chi connectivity index (χ1v) is 4.87. The second-order valence-electron chi connectivity index (χ2n) is 4.64. The molecule has 0 aliphatic heterocycles. The lowest BCUT2D eigenvalue weighted by Crippen LogP contribution is -2.22. The Morgan fingerprint density at radius 3 is 3.18 bits per heavy atom. The summed E-state index contributed by atoms with van der Waals surface area (Å²) >= 11 is 0. The zero-order valence-corrected chi connectivity index (χ0v) is 7.47. The standard InChI is InChI=1S/C11H18/c1-3-6-11(2)7-4-5-9-8-10(9)11/h3,9-10H,1,4-8H2,2H3. The summed E-state index contributed by atoms with van der Waals surface area (Å²) in [6.45, 7) is 6.31. The van der Waals surface area contributed by atoms with Gasteiger partial charge in [0.05, 0.1) is 0 Å². The van der Waals surface area contributed by atoms with E-state index < -0.39 is 0 Å². The molecule has 0 spiro atoms. The predicted molar refractivity (Wildman–Crippen MR) is 48.4 cm³/mol. The number of hydrogen-bond donors (Lipinski definition) is 0. The maximum absolute atomic E-state index is 3.85. The van der Waals surface area contributed by atoms with Gasteiger partial charge in [-0.05, 0) is 36.5 Å². The highest BCUT2D eigenvalue weighted by atomic mass is 14.6. The van der Waals surface area contributed by atoms with E-state index in [0.717, 1.165) is 11.8 Å². The van der Waals surface area contributed by atoms with Gasteiger partial charge in [0, 0.05) is 0 Å². The van der Waals surface area contributed by atoms with E-state index >= 15 is 0 Å². The number of hydrogen-bond acceptors (Lipinski definition) is 0. The van der Waals surface area contributed by atoms with Crippen molar-refractivity contribution in [2.24, 2.45) is 17.3 Å². The topological polar surface area (TPSA) is 0 Å². The number of allylic oxidation sites excluding steroid dienone is 1. The molecule has 3 atom stereocenters. The fraction of sp³-hybridized carbons (Fsp3) is 0.818.